The molecule has 29 heavy (non-hydrogen) atoms. The number of rotatable bonds is 7. The molecule has 0 aliphatic rings. The van der Waals surface area contributed by atoms with Crippen molar-refractivity contribution in [2.24, 2.45) is 0 Å². The van der Waals surface area contributed by atoms with Crippen LogP contribution in [0.2, 0.25) is 0 Å². The Morgan fingerprint density at radius 1 is 0.862 bits per heavy atom. The molecule has 6 nitrogen and oxygen atoms in total. The summed E-state index contributed by atoms with van der Waals surface area (Å²) in [6, 6.07) is 22.6. The summed E-state index contributed by atoms with van der Waals surface area (Å²) in [5, 5.41) is 11.1. The van der Waals surface area contributed by atoms with E-state index < -0.39 is 27.6 Å². The summed E-state index contributed by atoms with van der Waals surface area (Å²) < 4.78 is 5.56. The third-order valence-electron chi connectivity index (χ3n) is 4.23. The van der Waals surface area contributed by atoms with Crippen molar-refractivity contribution < 1.29 is 19.2 Å². The summed E-state index contributed by atoms with van der Waals surface area (Å²) in [5.74, 6) is -1.07. The van der Waals surface area contributed by atoms with Crippen molar-refractivity contribution in [3.05, 3.63) is 112 Å². The molecule has 0 aliphatic heterocycles. The van der Waals surface area contributed by atoms with Gasteiger partial charge in [-0.05, 0) is 17.7 Å². The summed E-state index contributed by atoms with van der Waals surface area (Å²) in [4.78, 5) is 35.5. The maximum absolute atomic E-state index is 13.1. The minimum atomic E-state index is -1.22. The van der Waals surface area contributed by atoms with Gasteiger partial charge in [0.2, 0.25) is 5.78 Å². The van der Waals surface area contributed by atoms with Crippen molar-refractivity contribution in [1.29, 1.82) is 0 Å². The smallest absolute Gasteiger partial charge is 0.338 e. The van der Waals surface area contributed by atoms with Crippen LogP contribution < -0.4 is 0 Å². The van der Waals surface area contributed by atoms with Gasteiger partial charge in [-0.3, -0.25) is 14.9 Å². The number of hydrogen-bond donors (Lipinski definition) is 0. The Morgan fingerprint density at radius 2 is 1.45 bits per heavy atom. The number of alkyl halides is 1. The third-order valence-corrected chi connectivity index (χ3v) is 5.23. The molecule has 0 fully saturated rings. The van der Waals surface area contributed by atoms with Gasteiger partial charge >= 0.3 is 5.97 Å². The summed E-state index contributed by atoms with van der Waals surface area (Å²) in [7, 11) is 0. The Bertz CT molecular complexity index is 1020. The van der Waals surface area contributed by atoms with Gasteiger partial charge in [-0.25, -0.2) is 4.79 Å². The highest BCUT2D eigenvalue weighted by Crippen LogP contribution is 2.33. The van der Waals surface area contributed by atoms with Crippen molar-refractivity contribution in [3.8, 4) is 0 Å². The highest BCUT2D eigenvalue weighted by molar-refractivity contribution is 9.09. The molecule has 3 rings (SSSR count). The van der Waals surface area contributed by atoms with E-state index >= 15 is 0 Å². The summed E-state index contributed by atoms with van der Waals surface area (Å²) in [6.07, 6.45) is -1.22. The average Bonchev–Trinajstić information content (AvgIpc) is 2.77. The van der Waals surface area contributed by atoms with Crippen LogP contribution in [0, 0.1) is 10.1 Å². The van der Waals surface area contributed by atoms with Crippen molar-refractivity contribution in [1.82, 2.24) is 0 Å². The van der Waals surface area contributed by atoms with Crippen LogP contribution in [0.4, 0.5) is 5.69 Å². The number of ketones is 1. The second kappa shape index (κ2) is 9.25. The molecule has 0 heterocycles. The van der Waals surface area contributed by atoms with Crippen LogP contribution in [0.1, 0.15) is 31.1 Å². The highest BCUT2D eigenvalue weighted by Gasteiger charge is 2.33. The first-order valence-electron chi connectivity index (χ1n) is 8.71. The quantitative estimate of drug-likeness (QED) is 0.162. The molecule has 0 radical (unpaired) electrons. The van der Waals surface area contributed by atoms with Crippen LogP contribution in [-0.4, -0.2) is 22.8 Å². The first-order chi connectivity index (χ1) is 14.0. The number of halogens is 1. The van der Waals surface area contributed by atoms with Gasteiger partial charge in [0.05, 0.1) is 15.3 Å². The number of carbonyl (C=O) groups excluding carboxylic acids is 2. The van der Waals surface area contributed by atoms with Crippen LogP contribution in [0.15, 0.2) is 84.9 Å². The number of benzene rings is 3. The van der Waals surface area contributed by atoms with Gasteiger partial charge in [0.1, 0.15) is 0 Å². The molecule has 2 atom stereocenters. The molecule has 3 aromatic rings. The molecule has 0 bridgehead atoms. The molecule has 0 N–H and O–H groups in total. The zero-order valence-corrected chi connectivity index (χ0v) is 16.7. The fraction of sp³-hybridized carbons (Fsp3) is 0.0909. The van der Waals surface area contributed by atoms with E-state index in [4.69, 9.17) is 4.74 Å². The van der Waals surface area contributed by atoms with E-state index in [0.717, 1.165) is 0 Å². The predicted octanol–water partition coefficient (Wildman–Crippen LogP) is 5.14. The molecule has 0 unspecified atom stereocenters. The fourth-order valence-corrected chi connectivity index (χ4v) is 3.39. The zero-order chi connectivity index (χ0) is 20.8. The van der Waals surface area contributed by atoms with Crippen LogP contribution in [0.5, 0.6) is 0 Å². The Kier molecular flexibility index (Phi) is 6.51. The first-order valence-corrected chi connectivity index (χ1v) is 9.62. The van der Waals surface area contributed by atoms with Gasteiger partial charge in [-0.15, -0.1) is 0 Å². The van der Waals surface area contributed by atoms with Crippen molar-refractivity contribution in [2.75, 3.05) is 0 Å². The summed E-state index contributed by atoms with van der Waals surface area (Å²) in [5.41, 5.74) is 1.01. The predicted molar refractivity (Wildman–Crippen MR) is 111 cm³/mol. The van der Waals surface area contributed by atoms with Crippen LogP contribution >= 0.6 is 15.9 Å². The van der Waals surface area contributed by atoms with Crippen molar-refractivity contribution >= 4 is 33.4 Å². The number of ether oxygens (including phenoxy) is 1. The number of hydrogen-bond acceptors (Lipinski definition) is 5. The van der Waals surface area contributed by atoms with E-state index in [0.29, 0.717) is 16.7 Å². The minimum Gasteiger partial charge on any atom is -0.449 e. The molecule has 0 saturated carbocycles. The number of non-ortho nitro benzene ring substituents is 1. The molecule has 3 aromatic carbocycles. The van der Waals surface area contributed by atoms with E-state index in [-0.39, 0.29) is 5.69 Å². The fourth-order valence-electron chi connectivity index (χ4n) is 2.76. The second-order valence-corrected chi connectivity index (χ2v) is 7.16. The second-order valence-electron chi connectivity index (χ2n) is 6.18. The lowest BCUT2D eigenvalue weighted by molar-refractivity contribution is -0.384. The molecule has 7 heteroatoms. The number of nitrogens with zero attached hydrogens (tertiary/aromatic N) is 1. The molecule has 0 amide bonds. The Hall–Kier alpha value is -3.32. The zero-order valence-electron chi connectivity index (χ0n) is 15.1. The van der Waals surface area contributed by atoms with Gasteiger partial charge in [-0.1, -0.05) is 76.6 Å². The average molecular weight is 454 g/mol. The van der Waals surface area contributed by atoms with E-state index in [2.05, 4.69) is 15.9 Å². The van der Waals surface area contributed by atoms with Crippen LogP contribution in [0.25, 0.3) is 0 Å². The van der Waals surface area contributed by atoms with Gasteiger partial charge < -0.3 is 4.74 Å². The van der Waals surface area contributed by atoms with Crippen LogP contribution in [-0.2, 0) is 4.74 Å². The van der Waals surface area contributed by atoms with Crippen molar-refractivity contribution in [2.45, 2.75) is 10.9 Å². The Labute approximate surface area is 175 Å². The monoisotopic (exact) mass is 453 g/mol. The lowest BCUT2D eigenvalue weighted by Crippen LogP contribution is -2.31. The van der Waals surface area contributed by atoms with E-state index in [1.807, 2.05) is 0 Å². The van der Waals surface area contributed by atoms with Gasteiger partial charge in [0.15, 0.2) is 6.10 Å². The Balaban J connectivity index is 1.95. The van der Waals surface area contributed by atoms with Gasteiger partial charge in [0.25, 0.3) is 5.69 Å². The van der Waals surface area contributed by atoms with Gasteiger partial charge in [0, 0.05) is 17.7 Å². The number of carbonyl (C=O) groups is 2. The first kappa shape index (κ1) is 20.4. The normalized spacial score (nSPS) is 12.6. The number of nitro groups is 1. The molecule has 0 aromatic heterocycles. The molecule has 0 aliphatic carbocycles. The molecule has 0 saturated heterocycles. The van der Waals surface area contributed by atoms with Crippen LogP contribution in [0.3, 0.4) is 0 Å². The Morgan fingerprint density at radius 3 is 2.03 bits per heavy atom. The standard InChI is InChI=1S/C22H16BrNO5/c23-19(17-12-7-13-18(14-17)24(27)28)21(20(25)15-8-3-1-4-9-15)29-22(26)16-10-5-2-6-11-16/h1-14,19,21H/t19-,21-/m1/s1. The largest absolute Gasteiger partial charge is 0.449 e. The maximum atomic E-state index is 13.1. The minimum absolute atomic E-state index is 0.118. The lowest BCUT2D eigenvalue weighted by Gasteiger charge is -2.22. The number of esters is 1. The van der Waals surface area contributed by atoms with Crippen molar-refractivity contribution in [3.63, 3.8) is 0 Å². The maximum Gasteiger partial charge on any atom is 0.338 e. The van der Waals surface area contributed by atoms with E-state index in [9.17, 15) is 19.7 Å². The van der Waals surface area contributed by atoms with E-state index in [1.165, 1.54) is 18.2 Å². The number of Topliss-reactive ketones (excluding diaryl/α,β-unsaturated/α-hetero) is 1. The molecular formula is C22H16BrNO5. The number of nitro benzene ring substituents is 1. The van der Waals surface area contributed by atoms with Gasteiger partial charge in [-0.2, -0.15) is 0 Å². The SMILES string of the molecule is O=C(O[C@@H](C(=O)c1ccccc1)[C@H](Br)c1cccc([N+](=O)[O-])c1)c1ccccc1. The summed E-state index contributed by atoms with van der Waals surface area (Å²) in [6.45, 7) is 0. The summed E-state index contributed by atoms with van der Waals surface area (Å²) >= 11 is 3.41. The molecule has 0 spiro atoms. The highest BCUT2D eigenvalue weighted by atomic mass is 79.9. The molecule has 146 valence electrons. The third kappa shape index (κ3) is 4.94. The topological polar surface area (TPSA) is 86.5 Å². The lowest BCUT2D eigenvalue weighted by atomic mass is 9.99. The molecular weight excluding hydrogens is 438 g/mol. The van der Waals surface area contributed by atoms with E-state index in [1.54, 1.807) is 66.7 Å².